The van der Waals surface area contributed by atoms with Crippen LogP contribution in [0.15, 0.2) is 47.2 Å². The highest BCUT2D eigenvalue weighted by atomic mass is 32.1. The van der Waals surface area contributed by atoms with Crippen molar-refractivity contribution in [3.8, 4) is 0 Å². The molecule has 0 amide bonds. The first-order valence-electron chi connectivity index (χ1n) is 6.61. The molecule has 1 aromatic heterocycles. The molecule has 1 N–H and O–H groups in total. The van der Waals surface area contributed by atoms with Gasteiger partial charge in [0.25, 0.3) is 0 Å². The smallest absolute Gasteiger partial charge is 0.00704 e. The Labute approximate surface area is 114 Å². The lowest BCUT2D eigenvalue weighted by molar-refractivity contribution is 0.489. The van der Waals surface area contributed by atoms with Gasteiger partial charge in [0.1, 0.15) is 0 Å². The highest BCUT2D eigenvalue weighted by Crippen LogP contribution is 2.12. The Balaban J connectivity index is 1.75. The van der Waals surface area contributed by atoms with Gasteiger partial charge in [0.15, 0.2) is 0 Å². The zero-order chi connectivity index (χ0) is 12.6. The van der Waals surface area contributed by atoms with Gasteiger partial charge in [-0.15, -0.1) is 0 Å². The molecule has 0 fully saturated rings. The van der Waals surface area contributed by atoms with E-state index in [4.69, 9.17) is 0 Å². The predicted molar refractivity (Wildman–Crippen MR) is 80.3 cm³/mol. The Bertz CT molecular complexity index is 422. The van der Waals surface area contributed by atoms with E-state index < -0.39 is 0 Å². The number of rotatable bonds is 7. The number of thiophene rings is 1. The van der Waals surface area contributed by atoms with Crippen molar-refractivity contribution in [3.63, 3.8) is 0 Å². The molecule has 0 aliphatic carbocycles. The fourth-order valence-corrected chi connectivity index (χ4v) is 2.90. The normalized spacial score (nSPS) is 12.5. The van der Waals surface area contributed by atoms with Crippen molar-refractivity contribution in [2.45, 2.75) is 31.7 Å². The standard InChI is InChI=1S/C16H21NS/c1-17-16(10-8-15-11-12-18-13-15)9-7-14-5-3-2-4-6-14/h2-6,11-13,16-17H,7-10H2,1H3. The molecule has 18 heavy (non-hydrogen) atoms. The summed E-state index contributed by atoms with van der Waals surface area (Å²) < 4.78 is 0. The minimum Gasteiger partial charge on any atom is -0.317 e. The van der Waals surface area contributed by atoms with E-state index in [1.807, 2.05) is 0 Å². The highest BCUT2D eigenvalue weighted by molar-refractivity contribution is 7.07. The van der Waals surface area contributed by atoms with Gasteiger partial charge in [-0.3, -0.25) is 0 Å². The fraction of sp³-hybridized carbons (Fsp3) is 0.375. The number of benzene rings is 1. The molecule has 0 bridgehead atoms. The van der Waals surface area contributed by atoms with Gasteiger partial charge in [0, 0.05) is 6.04 Å². The van der Waals surface area contributed by atoms with Crippen molar-refractivity contribution >= 4 is 11.3 Å². The molecule has 2 rings (SSSR count). The van der Waals surface area contributed by atoms with E-state index in [2.05, 4.69) is 59.5 Å². The maximum Gasteiger partial charge on any atom is 0.00704 e. The molecule has 1 heterocycles. The maximum absolute atomic E-state index is 3.44. The van der Waals surface area contributed by atoms with Gasteiger partial charge in [-0.25, -0.2) is 0 Å². The SMILES string of the molecule is CNC(CCc1ccccc1)CCc1ccsc1. The Morgan fingerprint density at radius 3 is 2.33 bits per heavy atom. The summed E-state index contributed by atoms with van der Waals surface area (Å²) in [5.41, 5.74) is 2.91. The average molecular weight is 259 g/mol. The summed E-state index contributed by atoms with van der Waals surface area (Å²) in [6.45, 7) is 0. The van der Waals surface area contributed by atoms with Crippen LogP contribution in [0.3, 0.4) is 0 Å². The largest absolute Gasteiger partial charge is 0.317 e. The summed E-state index contributed by atoms with van der Waals surface area (Å²) in [7, 11) is 2.07. The molecule has 1 nitrogen and oxygen atoms in total. The highest BCUT2D eigenvalue weighted by Gasteiger charge is 2.06. The first-order chi connectivity index (χ1) is 8.88. The molecule has 0 saturated carbocycles. The lowest BCUT2D eigenvalue weighted by Gasteiger charge is -2.15. The van der Waals surface area contributed by atoms with Gasteiger partial charge < -0.3 is 5.32 Å². The lowest BCUT2D eigenvalue weighted by Crippen LogP contribution is -2.26. The average Bonchev–Trinajstić information content (AvgIpc) is 2.93. The third-order valence-electron chi connectivity index (χ3n) is 3.39. The zero-order valence-corrected chi connectivity index (χ0v) is 11.7. The molecular formula is C16H21NS. The van der Waals surface area contributed by atoms with Gasteiger partial charge in [0.2, 0.25) is 0 Å². The van der Waals surface area contributed by atoms with E-state index in [1.54, 1.807) is 11.3 Å². The van der Waals surface area contributed by atoms with E-state index in [0.29, 0.717) is 6.04 Å². The third kappa shape index (κ3) is 4.28. The fourth-order valence-electron chi connectivity index (χ4n) is 2.19. The van der Waals surface area contributed by atoms with E-state index >= 15 is 0 Å². The van der Waals surface area contributed by atoms with E-state index in [1.165, 1.54) is 30.4 Å². The van der Waals surface area contributed by atoms with Crippen molar-refractivity contribution in [1.82, 2.24) is 5.32 Å². The van der Waals surface area contributed by atoms with Gasteiger partial charge in [-0.2, -0.15) is 11.3 Å². The third-order valence-corrected chi connectivity index (χ3v) is 4.13. The van der Waals surface area contributed by atoms with Crippen LogP contribution in [-0.2, 0) is 12.8 Å². The summed E-state index contributed by atoms with van der Waals surface area (Å²) in [6.07, 6.45) is 4.78. The van der Waals surface area contributed by atoms with Gasteiger partial charge in [0.05, 0.1) is 0 Å². The number of hydrogen-bond acceptors (Lipinski definition) is 2. The second-order valence-electron chi connectivity index (χ2n) is 4.68. The summed E-state index contributed by atoms with van der Waals surface area (Å²) in [5, 5.41) is 7.85. The van der Waals surface area contributed by atoms with Crippen LogP contribution in [0, 0.1) is 0 Å². The Morgan fingerprint density at radius 2 is 1.72 bits per heavy atom. The van der Waals surface area contributed by atoms with Crippen molar-refractivity contribution < 1.29 is 0 Å². The monoisotopic (exact) mass is 259 g/mol. The maximum atomic E-state index is 3.44. The minimum absolute atomic E-state index is 0.616. The van der Waals surface area contributed by atoms with E-state index in [9.17, 15) is 0 Å². The van der Waals surface area contributed by atoms with Crippen molar-refractivity contribution in [2.24, 2.45) is 0 Å². The van der Waals surface area contributed by atoms with Crippen LogP contribution < -0.4 is 5.32 Å². The molecule has 1 atom stereocenters. The molecule has 0 aliphatic heterocycles. The van der Waals surface area contributed by atoms with Crippen molar-refractivity contribution in [1.29, 1.82) is 0 Å². The lowest BCUT2D eigenvalue weighted by atomic mass is 10.0. The Hall–Kier alpha value is -1.12. The topological polar surface area (TPSA) is 12.0 Å². The van der Waals surface area contributed by atoms with Gasteiger partial charge in [-0.1, -0.05) is 30.3 Å². The minimum atomic E-state index is 0.616. The summed E-state index contributed by atoms with van der Waals surface area (Å²) in [5.74, 6) is 0. The zero-order valence-electron chi connectivity index (χ0n) is 10.9. The molecular weight excluding hydrogens is 238 g/mol. The molecule has 0 saturated heterocycles. The van der Waals surface area contributed by atoms with Crippen LogP contribution >= 0.6 is 11.3 Å². The van der Waals surface area contributed by atoms with Crippen molar-refractivity contribution in [2.75, 3.05) is 7.05 Å². The number of hydrogen-bond donors (Lipinski definition) is 1. The first kappa shape index (κ1) is 13.3. The molecule has 0 aliphatic rings. The van der Waals surface area contributed by atoms with Crippen LogP contribution in [0.25, 0.3) is 0 Å². The second kappa shape index (κ2) is 7.34. The van der Waals surface area contributed by atoms with Gasteiger partial charge >= 0.3 is 0 Å². The number of aryl methyl sites for hydroxylation is 2. The van der Waals surface area contributed by atoms with Crippen LogP contribution in [-0.4, -0.2) is 13.1 Å². The molecule has 2 aromatic rings. The molecule has 2 heteroatoms. The van der Waals surface area contributed by atoms with Crippen LogP contribution in [0.1, 0.15) is 24.0 Å². The summed E-state index contributed by atoms with van der Waals surface area (Å²) >= 11 is 1.79. The first-order valence-corrected chi connectivity index (χ1v) is 7.55. The predicted octanol–water partition coefficient (Wildman–Crippen LogP) is 3.90. The van der Waals surface area contributed by atoms with E-state index in [-0.39, 0.29) is 0 Å². The molecule has 96 valence electrons. The summed E-state index contributed by atoms with van der Waals surface area (Å²) in [6, 6.07) is 13.6. The Kier molecular flexibility index (Phi) is 5.43. The van der Waals surface area contributed by atoms with Gasteiger partial charge in [-0.05, 0) is 60.7 Å². The summed E-state index contributed by atoms with van der Waals surface area (Å²) in [4.78, 5) is 0. The van der Waals surface area contributed by atoms with E-state index in [0.717, 1.165) is 6.42 Å². The number of nitrogens with one attached hydrogen (secondary N) is 1. The van der Waals surface area contributed by atoms with Crippen molar-refractivity contribution in [3.05, 3.63) is 58.3 Å². The van der Waals surface area contributed by atoms with Crippen LogP contribution in [0.4, 0.5) is 0 Å². The molecule has 0 spiro atoms. The Morgan fingerprint density at radius 1 is 1.00 bits per heavy atom. The molecule has 0 radical (unpaired) electrons. The quantitative estimate of drug-likeness (QED) is 0.795. The van der Waals surface area contributed by atoms with Crippen LogP contribution in [0.2, 0.25) is 0 Å². The van der Waals surface area contributed by atoms with Crippen LogP contribution in [0.5, 0.6) is 0 Å². The second-order valence-corrected chi connectivity index (χ2v) is 5.46. The molecule has 1 unspecified atom stereocenters. The molecule has 1 aromatic carbocycles.